The summed E-state index contributed by atoms with van der Waals surface area (Å²) in [4.78, 5) is 2.22. The van der Waals surface area contributed by atoms with Crippen LogP contribution in [0.5, 0.6) is 0 Å². The predicted octanol–water partition coefficient (Wildman–Crippen LogP) is 13.8. The lowest BCUT2D eigenvalue weighted by Gasteiger charge is -2.28. The highest BCUT2D eigenvalue weighted by molar-refractivity contribution is 4.93. The molecule has 0 aliphatic carbocycles. The van der Waals surface area contributed by atoms with Crippen molar-refractivity contribution in [1.82, 2.24) is 4.90 Å². The van der Waals surface area contributed by atoms with Crippen LogP contribution in [0.2, 0.25) is 0 Å². The first-order valence-corrected chi connectivity index (χ1v) is 21.3. The van der Waals surface area contributed by atoms with Gasteiger partial charge >= 0.3 is 0 Å². The molecule has 1 heterocycles. The molecule has 1 aliphatic rings. The highest BCUT2D eigenvalue weighted by Gasteiger charge is 2.42. The predicted molar refractivity (Wildman–Crippen MR) is 215 cm³/mol. The van der Waals surface area contributed by atoms with Gasteiger partial charge in [-0.2, -0.15) is 0 Å². The highest BCUT2D eigenvalue weighted by Crippen LogP contribution is 2.32. The lowest BCUT2D eigenvalue weighted by molar-refractivity contribution is -0.341. The van der Waals surface area contributed by atoms with Crippen molar-refractivity contribution >= 4 is 0 Å². The average Bonchev–Trinajstić information content (AvgIpc) is 3.51. The van der Waals surface area contributed by atoms with Crippen LogP contribution in [0.4, 0.5) is 0 Å². The summed E-state index contributed by atoms with van der Waals surface area (Å²) in [5.41, 5.74) is 0. The number of rotatable bonds is 36. The van der Waals surface area contributed by atoms with Crippen LogP contribution in [0.25, 0.3) is 0 Å². The highest BCUT2D eigenvalue weighted by atomic mass is 16.9. The van der Waals surface area contributed by atoms with Crippen LogP contribution < -0.4 is 0 Å². The molecule has 0 saturated carbocycles. The molecule has 0 bridgehead atoms. The molecule has 4 nitrogen and oxygen atoms in total. The molecule has 0 amide bonds. The fourth-order valence-electron chi connectivity index (χ4n) is 6.37. The second-order valence-electron chi connectivity index (χ2n) is 14.8. The van der Waals surface area contributed by atoms with Crippen LogP contribution in [-0.4, -0.2) is 50.8 Å². The summed E-state index contributed by atoms with van der Waals surface area (Å²) in [6.45, 7) is 6.94. The molecule has 49 heavy (non-hydrogen) atoms. The van der Waals surface area contributed by atoms with Crippen LogP contribution >= 0.6 is 0 Å². The monoisotopic (exact) mass is 686 g/mol. The molecule has 1 rings (SSSR count). The Hall–Kier alpha value is -1.20. The van der Waals surface area contributed by atoms with Gasteiger partial charge in [-0.3, -0.25) is 0 Å². The van der Waals surface area contributed by atoms with E-state index in [1.165, 1.54) is 141 Å². The van der Waals surface area contributed by atoms with Crippen molar-refractivity contribution in [2.75, 3.05) is 33.9 Å². The number of ether oxygens (including phenoxy) is 3. The fraction of sp³-hybridized carbons (Fsp3) is 0.822. The largest absolute Gasteiger partial charge is 0.327 e. The van der Waals surface area contributed by atoms with Crippen LogP contribution in [0.15, 0.2) is 48.6 Å². The summed E-state index contributed by atoms with van der Waals surface area (Å²) in [6.07, 6.45) is 53.9. The summed E-state index contributed by atoms with van der Waals surface area (Å²) >= 11 is 0. The Balaban J connectivity index is 2.12. The Morgan fingerprint density at radius 1 is 0.551 bits per heavy atom. The van der Waals surface area contributed by atoms with Gasteiger partial charge in [-0.05, 0) is 97.6 Å². The smallest absolute Gasteiger partial charge is 0.283 e. The minimum absolute atomic E-state index is 0.139. The van der Waals surface area contributed by atoms with Crippen molar-refractivity contribution in [2.45, 2.75) is 206 Å². The maximum Gasteiger partial charge on any atom is 0.283 e. The van der Waals surface area contributed by atoms with E-state index < -0.39 is 5.97 Å². The third-order valence-corrected chi connectivity index (χ3v) is 9.58. The van der Waals surface area contributed by atoms with E-state index in [-0.39, 0.29) is 6.10 Å². The Morgan fingerprint density at radius 3 is 1.45 bits per heavy atom. The molecular weight excluding hydrogens is 602 g/mol. The number of nitrogens with zero attached hydrogens (tertiary/aromatic N) is 1. The molecule has 0 aromatic heterocycles. The van der Waals surface area contributed by atoms with Crippen LogP contribution in [-0.2, 0) is 14.2 Å². The quantitative estimate of drug-likeness (QED) is 0.0485. The topological polar surface area (TPSA) is 30.9 Å². The van der Waals surface area contributed by atoms with E-state index in [4.69, 9.17) is 14.2 Å². The fourth-order valence-corrected chi connectivity index (χ4v) is 6.37. The number of hydrogen-bond acceptors (Lipinski definition) is 4. The van der Waals surface area contributed by atoms with E-state index in [2.05, 4.69) is 81.5 Å². The molecule has 0 radical (unpaired) electrons. The first-order chi connectivity index (χ1) is 24.1. The molecule has 2 unspecified atom stereocenters. The van der Waals surface area contributed by atoms with E-state index in [9.17, 15) is 0 Å². The number of hydrogen-bond donors (Lipinski definition) is 0. The molecule has 1 aliphatic heterocycles. The summed E-state index contributed by atoms with van der Waals surface area (Å²) in [6, 6.07) is 0. The van der Waals surface area contributed by atoms with Crippen molar-refractivity contribution in [3.63, 3.8) is 0 Å². The van der Waals surface area contributed by atoms with Gasteiger partial charge in [0.2, 0.25) is 0 Å². The van der Waals surface area contributed by atoms with Crippen LogP contribution in [0.1, 0.15) is 194 Å². The van der Waals surface area contributed by atoms with Crippen molar-refractivity contribution in [2.24, 2.45) is 0 Å². The minimum atomic E-state index is -0.813. The van der Waals surface area contributed by atoms with E-state index in [1.807, 2.05) is 0 Å². The molecular formula is C45H83NO3. The van der Waals surface area contributed by atoms with Gasteiger partial charge in [0, 0.05) is 13.0 Å². The number of unbranched alkanes of at least 4 members (excludes halogenated alkanes) is 20. The zero-order chi connectivity index (χ0) is 35.4. The molecule has 1 fully saturated rings. The number of allylic oxidation sites excluding steroid dienone is 8. The summed E-state index contributed by atoms with van der Waals surface area (Å²) < 4.78 is 19.1. The molecule has 4 heteroatoms. The van der Waals surface area contributed by atoms with Crippen molar-refractivity contribution in [3.8, 4) is 0 Å². The zero-order valence-electron chi connectivity index (χ0n) is 33.3. The molecule has 2 atom stereocenters. The standard InChI is InChI=1S/C45H83NO3/c1-5-7-9-11-13-15-17-19-21-23-25-27-29-31-33-35-37-40-45(48-43-44(49-45)39-41-46(3)4)47-42-38-36-34-32-30-28-26-24-22-20-18-16-14-12-10-8-6-2/h13-16,19-22,44H,5-12,17-18,23-43H2,1-4H3/b15-13-,16-14-,21-19-,22-20-. The second-order valence-corrected chi connectivity index (χ2v) is 14.8. The maximum atomic E-state index is 6.47. The molecule has 1 saturated heterocycles. The van der Waals surface area contributed by atoms with E-state index >= 15 is 0 Å². The summed E-state index contributed by atoms with van der Waals surface area (Å²) in [5, 5.41) is 0. The molecule has 0 N–H and O–H groups in total. The van der Waals surface area contributed by atoms with Crippen LogP contribution in [0, 0.1) is 0 Å². The first kappa shape index (κ1) is 45.8. The third kappa shape index (κ3) is 30.2. The van der Waals surface area contributed by atoms with Gasteiger partial charge in [-0.15, -0.1) is 0 Å². The van der Waals surface area contributed by atoms with Gasteiger partial charge in [0.05, 0.1) is 19.3 Å². The molecule has 0 aromatic carbocycles. The van der Waals surface area contributed by atoms with Crippen LogP contribution in [0.3, 0.4) is 0 Å². The Labute approximate surface area is 306 Å². The molecule has 0 spiro atoms. The van der Waals surface area contributed by atoms with Gasteiger partial charge in [0.25, 0.3) is 5.97 Å². The van der Waals surface area contributed by atoms with Gasteiger partial charge < -0.3 is 19.1 Å². The third-order valence-electron chi connectivity index (χ3n) is 9.58. The first-order valence-electron chi connectivity index (χ1n) is 21.3. The maximum absolute atomic E-state index is 6.47. The summed E-state index contributed by atoms with van der Waals surface area (Å²) in [7, 11) is 4.25. The lowest BCUT2D eigenvalue weighted by atomic mass is 10.1. The minimum Gasteiger partial charge on any atom is -0.327 e. The summed E-state index contributed by atoms with van der Waals surface area (Å²) in [5.74, 6) is -0.813. The average molecular weight is 686 g/mol. The van der Waals surface area contributed by atoms with Gasteiger partial charge in [-0.1, -0.05) is 152 Å². The van der Waals surface area contributed by atoms with E-state index in [0.717, 1.165) is 51.7 Å². The van der Waals surface area contributed by atoms with E-state index in [0.29, 0.717) is 6.61 Å². The Morgan fingerprint density at radius 2 is 0.980 bits per heavy atom. The zero-order valence-corrected chi connectivity index (χ0v) is 33.3. The van der Waals surface area contributed by atoms with Gasteiger partial charge in [0.1, 0.15) is 0 Å². The van der Waals surface area contributed by atoms with E-state index in [1.54, 1.807) is 0 Å². The normalized spacial score (nSPS) is 18.6. The van der Waals surface area contributed by atoms with Crippen molar-refractivity contribution in [3.05, 3.63) is 48.6 Å². The Kier molecular flexibility index (Phi) is 32.9. The van der Waals surface area contributed by atoms with Crippen molar-refractivity contribution in [1.29, 1.82) is 0 Å². The SMILES string of the molecule is CCCCC/C=C\C/C=C\CCCCCCCCCOC1(CCCCCCCCC/C=C\C/C=C\CCCCC)OCC(CCN(C)C)O1. The molecule has 0 aromatic rings. The van der Waals surface area contributed by atoms with Gasteiger partial charge in [-0.25, -0.2) is 0 Å². The Bertz CT molecular complexity index is 803. The molecule has 286 valence electrons. The lowest BCUT2D eigenvalue weighted by Crippen LogP contribution is -2.35. The van der Waals surface area contributed by atoms with Crippen molar-refractivity contribution < 1.29 is 14.2 Å². The second kappa shape index (κ2) is 35.2. The van der Waals surface area contributed by atoms with Gasteiger partial charge in [0.15, 0.2) is 0 Å².